The first-order chi connectivity index (χ1) is 11.2. The maximum absolute atomic E-state index is 5.55. The van der Waals surface area contributed by atoms with E-state index < -0.39 is 0 Å². The lowest BCUT2D eigenvalue weighted by atomic mass is 10.2. The molecule has 0 saturated carbocycles. The van der Waals surface area contributed by atoms with Gasteiger partial charge in [0.1, 0.15) is 5.75 Å². The zero-order valence-electron chi connectivity index (χ0n) is 15.4. The van der Waals surface area contributed by atoms with Crippen LogP contribution in [0.5, 0.6) is 5.75 Å². The largest absolute Gasteiger partial charge is 0.494 e. The Bertz CT molecular complexity index is 452. The van der Waals surface area contributed by atoms with E-state index in [1.807, 2.05) is 26.1 Å². The van der Waals surface area contributed by atoms with E-state index in [9.17, 15) is 0 Å². The zero-order chi connectivity index (χ0) is 16.9. The highest BCUT2D eigenvalue weighted by molar-refractivity contribution is 14.0. The van der Waals surface area contributed by atoms with Crippen LogP contribution in [0.2, 0.25) is 0 Å². The Labute approximate surface area is 163 Å². The van der Waals surface area contributed by atoms with E-state index in [2.05, 4.69) is 34.3 Å². The summed E-state index contributed by atoms with van der Waals surface area (Å²) < 4.78 is 11.0. The summed E-state index contributed by atoms with van der Waals surface area (Å²) in [4.78, 5) is 6.42. The van der Waals surface area contributed by atoms with Crippen molar-refractivity contribution < 1.29 is 9.47 Å². The van der Waals surface area contributed by atoms with Crippen molar-refractivity contribution in [3.8, 4) is 5.75 Å². The van der Waals surface area contributed by atoms with E-state index in [4.69, 9.17) is 9.47 Å². The molecule has 138 valence electrons. The van der Waals surface area contributed by atoms with Crippen LogP contribution in [0.15, 0.2) is 29.3 Å². The van der Waals surface area contributed by atoms with Crippen molar-refractivity contribution in [1.82, 2.24) is 10.2 Å². The van der Waals surface area contributed by atoms with Crippen molar-refractivity contribution in [2.24, 2.45) is 4.99 Å². The molecule has 0 radical (unpaired) electrons. The molecule has 0 amide bonds. The van der Waals surface area contributed by atoms with Crippen molar-refractivity contribution in [1.29, 1.82) is 0 Å². The molecule has 0 atom stereocenters. The molecule has 1 N–H and O–H groups in total. The predicted octanol–water partition coefficient (Wildman–Crippen LogP) is 3.53. The van der Waals surface area contributed by atoms with Crippen LogP contribution in [0.1, 0.15) is 32.3 Å². The van der Waals surface area contributed by atoms with Gasteiger partial charge in [0.25, 0.3) is 0 Å². The summed E-state index contributed by atoms with van der Waals surface area (Å²) >= 11 is 0. The van der Waals surface area contributed by atoms with Gasteiger partial charge >= 0.3 is 0 Å². The lowest BCUT2D eigenvalue weighted by molar-refractivity contribution is 0.135. The highest BCUT2D eigenvalue weighted by Crippen LogP contribution is 2.13. The molecule has 0 aliphatic heterocycles. The minimum atomic E-state index is 0. The highest BCUT2D eigenvalue weighted by atomic mass is 127. The summed E-state index contributed by atoms with van der Waals surface area (Å²) in [5, 5.41) is 3.32. The molecule has 1 aromatic carbocycles. The first-order valence-electron chi connectivity index (χ1n) is 8.42. The maximum Gasteiger partial charge on any atom is 0.193 e. The SMILES string of the molecule is CCCCOCCNC(=NC)N(C)Cc1ccc(OCC)cc1.I. The van der Waals surface area contributed by atoms with Gasteiger partial charge < -0.3 is 19.7 Å². The summed E-state index contributed by atoms with van der Waals surface area (Å²) in [5.41, 5.74) is 1.22. The van der Waals surface area contributed by atoms with Gasteiger partial charge in [-0.2, -0.15) is 0 Å². The van der Waals surface area contributed by atoms with Gasteiger partial charge in [-0.3, -0.25) is 4.99 Å². The third kappa shape index (κ3) is 9.32. The zero-order valence-corrected chi connectivity index (χ0v) is 17.7. The summed E-state index contributed by atoms with van der Waals surface area (Å²) in [7, 11) is 3.83. The number of nitrogens with zero attached hydrogens (tertiary/aromatic N) is 2. The number of guanidine groups is 1. The maximum atomic E-state index is 5.55. The van der Waals surface area contributed by atoms with E-state index >= 15 is 0 Å². The molecule has 6 heteroatoms. The Kier molecular flexibility index (Phi) is 13.7. The van der Waals surface area contributed by atoms with Gasteiger partial charge in [0.2, 0.25) is 0 Å². The quantitative estimate of drug-likeness (QED) is 0.257. The molecule has 0 aromatic heterocycles. The molecule has 0 unspecified atom stereocenters. The van der Waals surface area contributed by atoms with Gasteiger partial charge in [0.15, 0.2) is 5.96 Å². The third-order valence-electron chi connectivity index (χ3n) is 3.40. The first-order valence-corrected chi connectivity index (χ1v) is 8.42. The molecule has 1 aromatic rings. The minimum Gasteiger partial charge on any atom is -0.494 e. The average molecular weight is 449 g/mol. The van der Waals surface area contributed by atoms with E-state index in [1.54, 1.807) is 7.05 Å². The van der Waals surface area contributed by atoms with Crippen LogP contribution in [0.25, 0.3) is 0 Å². The molecule has 0 bridgehead atoms. The summed E-state index contributed by atoms with van der Waals surface area (Å²) in [5.74, 6) is 1.78. The second-order valence-corrected chi connectivity index (χ2v) is 5.37. The molecule has 1 rings (SSSR count). The number of hydrogen-bond acceptors (Lipinski definition) is 3. The fraction of sp³-hybridized carbons (Fsp3) is 0.611. The van der Waals surface area contributed by atoms with Crippen LogP contribution in [0.4, 0.5) is 0 Å². The number of ether oxygens (including phenoxy) is 2. The number of nitrogens with one attached hydrogen (secondary N) is 1. The molecular formula is C18H32IN3O2. The summed E-state index contributed by atoms with van der Waals surface area (Å²) in [6.07, 6.45) is 2.28. The molecule has 0 spiro atoms. The smallest absolute Gasteiger partial charge is 0.193 e. The average Bonchev–Trinajstić information content (AvgIpc) is 2.56. The van der Waals surface area contributed by atoms with Crippen molar-refractivity contribution in [3.63, 3.8) is 0 Å². The van der Waals surface area contributed by atoms with Gasteiger partial charge in [-0.1, -0.05) is 25.5 Å². The van der Waals surface area contributed by atoms with Crippen LogP contribution in [0, 0.1) is 0 Å². The molecule has 5 nitrogen and oxygen atoms in total. The van der Waals surface area contributed by atoms with Crippen LogP contribution >= 0.6 is 24.0 Å². The predicted molar refractivity (Wildman–Crippen MR) is 112 cm³/mol. The number of unbranched alkanes of at least 4 members (excludes halogenated alkanes) is 1. The topological polar surface area (TPSA) is 46.1 Å². The first kappa shape index (κ1) is 23.0. The van der Waals surface area contributed by atoms with Crippen LogP contribution in [-0.4, -0.2) is 51.3 Å². The molecule has 0 aliphatic carbocycles. The van der Waals surface area contributed by atoms with Crippen molar-refractivity contribution in [2.75, 3.05) is 40.5 Å². The minimum absolute atomic E-state index is 0. The molecular weight excluding hydrogens is 417 g/mol. The van der Waals surface area contributed by atoms with E-state index in [0.717, 1.165) is 37.8 Å². The number of benzene rings is 1. The molecule has 24 heavy (non-hydrogen) atoms. The van der Waals surface area contributed by atoms with Crippen LogP contribution in [0.3, 0.4) is 0 Å². The van der Waals surface area contributed by atoms with Gasteiger partial charge in [0, 0.05) is 33.8 Å². The standard InChI is InChI=1S/C18H31N3O2.HI/c1-5-7-13-22-14-12-20-18(19-3)21(4)15-16-8-10-17(11-9-16)23-6-2;/h8-11H,5-7,12-15H2,1-4H3,(H,19,20);1H. The third-order valence-corrected chi connectivity index (χ3v) is 3.40. The van der Waals surface area contributed by atoms with Crippen LogP contribution in [-0.2, 0) is 11.3 Å². The monoisotopic (exact) mass is 449 g/mol. The van der Waals surface area contributed by atoms with Crippen LogP contribution < -0.4 is 10.1 Å². The normalized spacial score (nSPS) is 10.9. The second kappa shape index (κ2) is 14.3. The Morgan fingerprint density at radius 2 is 1.88 bits per heavy atom. The highest BCUT2D eigenvalue weighted by Gasteiger charge is 2.06. The van der Waals surface area contributed by atoms with Crippen molar-refractivity contribution in [2.45, 2.75) is 33.2 Å². The lowest BCUT2D eigenvalue weighted by Gasteiger charge is -2.22. The number of halogens is 1. The van der Waals surface area contributed by atoms with Crippen molar-refractivity contribution >= 4 is 29.9 Å². The summed E-state index contributed by atoms with van der Waals surface area (Å²) in [6, 6.07) is 8.18. The molecule has 0 aliphatic rings. The number of hydrogen-bond donors (Lipinski definition) is 1. The summed E-state index contributed by atoms with van der Waals surface area (Å²) in [6.45, 7) is 7.94. The van der Waals surface area contributed by atoms with Gasteiger partial charge in [-0.05, 0) is 31.0 Å². The second-order valence-electron chi connectivity index (χ2n) is 5.37. The molecule has 0 heterocycles. The van der Waals surface area contributed by atoms with Gasteiger partial charge in [0.05, 0.1) is 13.2 Å². The fourth-order valence-corrected chi connectivity index (χ4v) is 2.17. The van der Waals surface area contributed by atoms with E-state index in [0.29, 0.717) is 13.2 Å². The Morgan fingerprint density at radius 3 is 2.46 bits per heavy atom. The Balaban J connectivity index is 0.00000529. The van der Waals surface area contributed by atoms with Gasteiger partial charge in [-0.25, -0.2) is 0 Å². The molecule has 0 fully saturated rings. The van der Waals surface area contributed by atoms with E-state index in [1.165, 1.54) is 12.0 Å². The lowest BCUT2D eigenvalue weighted by Crippen LogP contribution is -2.39. The number of rotatable bonds is 10. The van der Waals surface area contributed by atoms with Crippen molar-refractivity contribution in [3.05, 3.63) is 29.8 Å². The van der Waals surface area contributed by atoms with Gasteiger partial charge in [-0.15, -0.1) is 24.0 Å². The fourth-order valence-electron chi connectivity index (χ4n) is 2.17. The van der Waals surface area contributed by atoms with E-state index in [-0.39, 0.29) is 24.0 Å². The Hall–Kier alpha value is -1.02. The Morgan fingerprint density at radius 1 is 1.17 bits per heavy atom. The molecule has 0 saturated heterocycles. The number of aliphatic imine (C=N–C) groups is 1.